The number of hydrogen-bond donors (Lipinski definition) is 0. The van der Waals surface area contributed by atoms with Gasteiger partial charge in [-0.1, -0.05) is 28.1 Å². The lowest BCUT2D eigenvalue weighted by molar-refractivity contribution is -0.123. The average Bonchev–Trinajstić information content (AvgIpc) is 2.78. The molecule has 0 N–H and O–H groups in total. The summed E-state index contributed by atoms with van der Waals surface area (Å²) in [5.74, 6) is -0.0207. The lowest BCUT2D eigenvalue weighted by Gasteiger charge is -2.17. The number of rotatable bonds is 4. The molecule has 1 atom stereocenters. The van der Waals surface area contributed by atoms with Gasteiger partial charge >= 0.3 is 0 Å². The van der Waals surface area contributed by atoms with Crippen molar-refractivity contribution < 1.29 is 9.59 Å². The SMILES string of the molecule is N#C[C@]1(CCC(=O)c2cccc(Br)c2)CCCC1=O. The zero-order valence-corrected chi connectivity index (χ0v) is 12.1. The van der Waals surface area contributed by atoms with Crippen molar-refractivity contribution >= 4 is 27.5 Å². The number of carbonyl (C=O) groups is 2. The number of carbonyl (C=O) groups excluding carboxylic acids is 2. The lowest BCUT2D eigenvalue weighted by atomic mass is 9.81. The van der Waals surface area contributed by atoms with Crippen molar-refractivity contribution in [3.63, 3.8) is 0 Å². The zero-order chi connectivity index (χ0) is 13.9. The Kier molecular flexibility index (Phi) is 4.16. The molecule has 0 spiro atoms. The number of halogens is 1. The fourth-order valence-electron chi connectivity index (χ4n) is 2.50. The Morgan fingerprint density at radius 1 is 1.47 bits per heavy atom. The van der Waals surface area contributed by atoms with E-state index < -0.39 is 5.41 Å². The maximum absolute atomic E-state index is 12.1. The standard InChI is InChI=1S/C15H14BrNO2/c16-12-4-1-3-11(9-12)13(18)6-8-15(10-17)7-2-5-14(15)19/h1,3-4,9H,2,5-8H2/t15-/m1/s1. The van der Waals surface area contributed by atoms with Gasteiger partial charge in [-0.25, -0.2) is 0 Å². The molecule has 4 heteroatoms. The number of ketones is 2. The minimum atomic E-state index is -0.915. The Labute approximate surface area is 120 Å². The summed E-state index contributed by atoms with van der Waals surface area (Å²) in [6.07, 6.45) is 2.41. The van der Waals surface area contributed by atoms with Crippen molar-refractivity contribution in [3.8, 4) is 6.07 Å². The summed E-state index contributed by atoms with van der Waals surface area (Å²) in [4.78, 5) is 23.9. The first-order valence-corrected chi connectivity index (χ1v) is 7.10. The summed E-state index contributed by atoms with van der Waals surface area (Å²) >= 11 is 3.32. The topological polar surface area (TPSA) is 57.9 Å². The zero-order valence-electron chi connectivity index (χ0n) is 10.5. The molecule has 19 heavy (non-hydrogen) atoms. The smallest absolute Gasteiger partial charge is 0.162 e. The molecule has 0 amide bonds. The predicted octanol–water partition coefficient (Wildman–Crippen LogP) is 3.67. The number of Topliss-reactive ketones (excluding diaryl/α,β-unsaturated/α-hetero) is 2. The van der Waals surface area contributed by atoms with Gasteiger partial charge in [0, 0.05) is 22.9 Å². The Hall–Kier alpha value is -1.47. The highest BCUT2D eigenvalue weighted by molar-refractivity contribution is 9.10. The van der Waals surface area contributed by atoms with E-state index in [9.17, 15) is 14.9 Å². The molecule has 0 heterocycles. The predicted molar refractivity (Wildman–Crippen MR) is 74.6 cm³/mol. The summed E-state index contributed by atoms with van der Waals surface area (Å²) in [6, 6.07) is 9.31. The molecule has 0 bridgehead atoms. The fraction of sp³-hybridized carbons (Fsp3) is 0.400. The summed E-state index contributed by atoms with van der Waals surface area (Å²) in [5, 5.41) is 9.22. The van der Waals surface area contributed by atoms with Crippen LogP contribution in [0.1, 0.15) is 42.5 Å². The molecule has 1 aliphatic rings. The Balaban J connectivity index is 2.05. The molecule has 1 aromatic carbocycles. The summed E-state index contributed by atoms with van der Waals surface area (Å²) in [5.41, 5.74) is -0.297. The Bertz CT molecular complexity index is 562. The first-order chi connectivity index (χ1) is 9.07. The Morgan fingerprint density at radius 2 is 2.26 bits per heavy atom. The van der Waals surface area contributed by atoms with Crippen molar-refractivity contribution in [1.29, 1.82) is 5.26 Å². The van der Waals surface area contributed by atoms with Gasteiger partial charge in [0.15, 0.2) is 11.6 Å². The van der Waals surface area contributed by atoms with Crippen molar-refractivity contribution in [2.45, 2.75) is 32.1 Å². The van der Waals surface area contributed by atoms with Gasteiger partial charge in [0.25, 0.3) is 0 Å². The molecule has 1 aliphatic carbocycles. The number of nitriles is 1. The van der Waals surface area contributed by atoms with E-state index in [2.05, 4.69) is 22.0 Å². The van der Waals surface area contributed by atoms with Crippen LogP contribution in [-0.4, -0.2) is 11.6 Å². The maximum atomic E-state index is 12.1. The molecule has 3 nitrogen and oxygen atoms in total. The van der Waals surface area contributed by atoms with Crippen molar-refractivity contribution in [2.24, 2.45) is 5.41 Å². The van der Waals surface area contributed by atoms with Crippen molar-refractivity contribution in [2.75, 3.05) is 0 Å². The molecular formula is C15H14BrNO2. The molecule has 0 unspecified atom stereocenters. The van der Waals surface area contributed by atoms with E-state index in [1.807, 2.05) is 6.07 Å². The molecule has 0 aliphatic heterocycles. The minimum Gasteiger partial charge on any atom is -0.298 e. The first kappa shape index (κ1) is 14.0. The van der Waals surface area contributed by atoms with Gasteiger partial charge in [0.2, 0.25) is 0 Å². The molecule has 1 aromatic rings. The third-order valence-electron chi connectivity index (χ3n) is 3.68. The van der Waals surface area contributed by atoms with Gasteiger partial charge in [0.1, 0.15) is 5.41 Å². The highest BCUT2D eigenvalue weighted by Crippen LogP contribution is 2.38. The molecule has 1 fully saturated rings. The van der Waals surface area contributed by atoms with E-state index in [-0.39, 0.29) is 18.0 Å². The third kappa shape index (κ3) is 2.93. The number of hydrogen-bond acceptors (Lipinski definition) is 3. The highest BCUT2D eigenvalue weighted by Gasteiger charge is 2.42. The second-order valence-electron chi connectivity index (χ2n) is 4.90. The van der Waals surface area contributed by atoms with Crippen molar-refractivity contribution in [1.82, 2.24) is 0 Å². The van der Waals surface area contributed by atoms with E-state index in [0.717, 1.165) is 10.9 Å². The third-order valence-corrected chi connectivity index (χ3v) is 4.17. The number of benzene rings is 1. The van der Waals surface area contributed by atoms with Crippen LogP contribution in [0.3, 0.4) is 0 Å². The molecule has 0 aromatic heterocycles. The van der Waals surface area contributed by atoms with E-state index in [0.29, 0.717) is 24.8 Å². The van der Waals surface area contributed by atoms with Crippen LogP contribution >= 0.6 is 15.9 Å². The number of nitrogens with zero attached hydrogens (tertiary/aromatic N) is 1. The van der Waals surface area contributed by atoms with Gasteiger partial charge in [-0.15, -0.1) is 0 Å². The van der Waals surface area contributed by atoms with Crippen LogP contribution in [0.2, 0.25) is 0 Å². The Morgan fingerprint density at radius 3 is 2.84 bits per heavy atom. The average molecular weight is 320 g/mol. The summed E-state index contributed by atoms with van der Waals surface area (Å²) in [6.45, 7) is 0. The van der Waals surface area contributed by atoms with E-state index in [1.165, 1.54) is 0 Å². The molecule has 0 saturated heterocycles. The molecule has 0 radical (unpaired) electrons. The van der Waals surface area contributed by atoms with Gasteiger partial charge in [0.05, 0.1) is 6.07 Å². The van der Waals surface area contributed by atoms with E-state index in [4.69, 9.17) is 0 Å². The summed E-state index contributed by atoms with van der Waals surface area (Å²) < 4.78 is 0.852. The fourth-order valence-corrected chi connectivity index (χ4v) is 2.90. The van der Waals surface area contributed by atoms with Gasteiger partial charge < -0.3 is 0 Å². The molecular weight excluding hydrogens is 306 g/mol. The maximum Gasteiger partial charge on any atom is 0.162 e. The highest BCUT2D eigenvalue weighted by atomic mass is 79.9. The second-order valence-corrected chi connectivity index (χ2v) is 5.82. The largest absolute Gasteiger partial charge is 0.298 e. The van der Waals surface area contributed by atoms with E-state index >= 15 is 0 Å². The van der Waals surface area contributed by atoms with Crippen LogP contribution < -0.4 is 0 Å². The normalized spacial score (nSPS) is 22.2. The lowest BCUT2D eigenvalue weighted by Crippen LogP contribution is -2.24. The van der Waals surface area contributed by atoms with Gasteiger partial charge in [-0.05, 0) is 31.4 Å². The van der Waals surface area contributed by atoms with Gasteiger partial charge in [-0.3, -0.25) is 9.59 Å². The molecule has 2 rings (SSSR count). The van der Waals surface area contributed by atoms with Crippen LogP contribution in [0.4, 0.5) is 0 Å². The van der Waals surface area contributed by atoms with Crippen molar-refractivity contribution in [3.05, 3.63) is 34.3 Å². The first-order valence-electron chi connectivity index (χ1n) is 6.31. The van der Waals surface area contributed by atoms with Crippen LogP contribution in [0.25, 0.3) is 0 Å². The quantitative estimate of drug-likeness (QED) is 0.795. The van der Waals surface area contributed by atoms with E-state index in [1.54, 1.807) is 18.2 Å². The monoisotopic (exact) mass is 319 g/mol. The van der Waals surface area contributed by atoms with Crippen LogP contribution in [-0.2, 0) is 4.79 Å². The van der Waals surface area contributed by atoms with Gasteiger partial charge in [-0.2, -0.15) is 5.26 Å². The second kappa shape index (κ2) is 5.66. The molecule has 1 saturated carbocycles. The van der Waals surface area contributed by atoms with Crippen LogP contribution in [0, 0.1) is 16.7 Å². The summed E-state index contributed by atoms with van der Waals surface area (Å²) in [7, 11) is 0. The molecule has 98 valence electrons. The van der Waals surface area contributed by atoms with Crippen LogP contribution in [0.15, 0.2) is 28.7 Å². The van der Waals surface area contributed by atoms with Crippen LogP contribution in [0.5, 0.6) is 0 Å². The minimum absolute atomic E-state index is 0.00274.